The van der Waals surface area contributed by atoms with Crippen molar-refractivity contribution in [2.75, 3.05) is 13.1 Å². The number of benzene rings is 2. The van der Waals surface area contributed by atoms with Gasteiger partial charge < -0.3 is 9.64 Å². The fourth-order valence-corrected chi connectivity index (χ4v) is 4.51. The van der Waals surface area contributed by atoms with E-state index >= 15 is 0 Å². The average Bonchev–Trinajstić information content (AvgIpc) is 2.73. The van der Waals surface area contributed by atoms with E-state index in [-0.39, 0.29) is 16.0 Å². The first-order valence-corrected chi connectivity index (χ1v) is 10.7. The van der Waals surface area contributed by atoms with Gasteiger partial charge in [-0.25, -0.2) is 4.39 Å². The fraction of sp³-hybridized carbons (Fsp3) is 0.304. The lowest BCUT2D eigenvalue weighted by atomic mass is 10.0. The van der Waals surface area contributed by atoms with Crippen molar-refractivity contribution in [3.63, 3.8) is 0 Å². The molecule has 2 heterocycles. The van der Waals surface area contributed by atoms with Gasteiger partial charge in [0, 0.05) is 36.3 Å². The summed E-state index contributed by atoms with van der Waals surface area (Å²) in [5.41, 5.74) is 1.97. The molecule has 0 bridgehead atoms. The Labute approximate surface area is 184 Å². The molecule has 0 radical (unpaired) electrons. The number of amides is 1. The molecule has 1 amide bonds. The molecule has 0 N–H and O–H groups in total. The lowest BCUT2D eigenvalue weighted by Crippen LogP contribution is -2.43. The minimum absolute atomic E-state index is 0.00128. The smallest absolute Gasteiger partial charge is 0.263 e. The molecule has 0 aliphatic carbocycles. The number of carbonyl (C=O) groups is 1. The van der Waals surface area contributed by atoms with Crippen LogP contribution in [0.2, 0.25) is 10.0 Å². The topological polar surface area (TPSA) is 42.4 Å². The van der Waals surface area contributed by atoms with Crippen LogP contribution in [0.3, 0.4) is 0 Å². The highest BCUT2D eigenvalue weighted by Crippen LogP contribution is 2.39. The van der Waals surface area contributed by atoms with Crippen LogP contribution in [-0.2, 0) is 4.79 Å². The van der Waals surface area contributed by atoms with Gasteiger partial charge in [-0.05, 0) is 62.1 Å². The summed E-state index contributed by atoms with van der Waals surface area (Å²) < 4.78 is 19.5. The van der Waals surface area contributed by atoms with Crippen LogP contribution >= 0.6 is 23.2 Å². The van der Waals surface area contributed by atoms with Crippen molar-refractivity contribution in [1.29, 1.82) is 0 Å². The molecule has 1 aliphatic heterocycles. The monoisotopic (exact) mass is 446 g/mol. The Morgan fingerprint density at radius 2 is 1.80 bits per heavy atom. The molecule has 156 valence electrons. The van der Waals surface area contributed by atoms with E-state index in [1.807, 2.05) is 11.0 Å². The first-order valence-electron chi connectivity index (χ1n) is 9.93. The number of hydrogen-bond donors (Lipinski definition) is 0. The number of likely N-dealkylation sites (tertiary alicyclic amines) is 1. The van der Waals surface area contributed by atoms with Crippen molar-refractivity contribution in [3.05, 3.63) is 58.5 Å². The molecule has 1 fully saturated rings. The Hall–Kier alpha value is -2.37. The minimum atomic E-state index is -0.579. The van der Waals surface area contributed by atoms with Gasteiger partial charge in [0.05, 0.1) is 15.6 Å². The van der Waals surface area contributed by atoms with Crippen LogP contribution < -0.4 is 4.74 Å². The van der Waals surface area contributed by atoms with E-state index in [1.54, 1.807) is 31.3 Å². The molecule has 1 aliphatic rings. The summed E-state index contributed by atoms with van der Waals surface area (Å²) in [7, 11) is 0. The first kappa shape index (κ1) is 20.9. The van der Waals surface area contributed by atoms with Crippen LogP contribution in [0.4, 0.5) is 4.39 Å². The Balaban J connectivity index is 1.62. The fourth-order valence-electron chi connectivity index (χ4n) is 3.84. The summed E-state index contributed by atoms with van der Waals surface area (Å²) in [4.78, 5) is 18.9. The standard InChI is InChI=1S/C23H21Cl2FN2O2/c1-14(23(29)28-9-3-2-4-10-28)30-16-5-6-17-18(7-8-27-21(17)13-16)22-19(24)11-15(26)12-20(22)25/h5-8,11-14H,2-4,9-10H2,1H3/t14-/m1/s1. The zero-order chi connectivity index (χ0) is 21.3. The van der Waals surface area contributed by atoms with Gasteiger partial charge in [0.25, 0.3) is 5.91 Å². The largest absolute Gasteiger partial charge is 0.481 e. The predicted octanol–water partition coefficient (Wildman–Crippen LogP) is 6.13. The number of halogens is 3. The SMILES string of the molecule is C[C@@H](Oc1ccc2c(-c3c(Cl)cc(F)cc3Cl)ccnc2c1)C(=O)N1CCCCC1. The number of aromatic nitrogens is 1. The third-order valence-corrected chi connectivity index (χ3v) is 5.91. The van der Waals surface area contributed by atoms with Gasteiger partial charge in [-0.2, -0.15) is 0 Å². The van der Waals surface area contributed by atoms with E-state index in [0.29, 0.717) is 16.8 Å². The van der Waals surface area contributed by atoms with E-state index in [1.165, 1.54) is 18.6 Å². The zero-order valence-corrected chi connectivity index (χ0v) is 18.0. The van der Waals surface area contributed by atoms with Crippen molar-refractivity contribution >= 4 is 40.0 Å². The van der Waals surface area contributed by atoms with E-state index < -0.39 is 11.9 Å². The van der Waals surface area contributed by atoms with Crippen molar-refractivity contribution in [2.45, 2.75) is 32.3 Å². The third kappa shape index (κ3) is 4.23. The molecule has 2 aromatic carbocycles. The summed E-state index contributed by atoms with van der Waals surface area (Å²) in [6, 6.07) is 9.68. The van der Waals surface area contributed by atoms with Crippen LogP contribution in [0.5, 0.6) is 5.75 Å². The average molecular weight is 447 g/mol. The van der Waals surface area contributed by atoms with Crippen LogP contribution in [0.15, 0.2) is 42.6 Å². The minimum Gasteiger partial charge on any atom is -0.481 e. The summed E-state index contributed by atoms with van der Waals surface area (Å²) in [5, 5.41) is 1.26. The van der Waals surface area contributed by atoms with E-state index in [2.05, 4.69) is 4.98 Å². The lowest BCUT2D eigenvalue weighted by Gasteiger charge is -2.29. The number of piperidine rings is 1. The van der Waals surface area contributed by atoms with Gasteiger partial charge in [-0.3, -0.25) is 9.78 Å². The van der Waals surface area contributed by atoms with Crippen molar-refractivity contribution < 1.29 is 13.9 Å². The van der Waals surface area contributed by atoms with Crippen molar-refractivity contribution in [1.82, 2.24) is 9.88 Å². The van der Waals surface area contributed by atoms with Crippen LogP contribution in [0.25, 0.3) is 22.0 Å². The summed E-state index contributed by atoms with van der Waals surface area (Å²) in [5.74, 6) is 0.0675. The normalized spacial score (nSPS) is 15.3. The van der Waals surface area contributed by atoms with E-state index in [0.717, 1.165) is 36.9 Å². The Morgan fingerprint density at radius 3 is 2.50 bits per heavy atom. The number of carbonyl (C=O) groups excluding carboxylic acids is 1. The van der Waals surface area contributed by atoms with Gasteiger partial charge in [0.2, 0.25) is 0 Å². The number of nitrogens with zero attached hydrogens (tertiary/aromatic N) is 2. The zero-order valence-electron chi connectivity index (χ0n) is 16.5. The number of ether oxygens (including phenoxy) is 1. The summed E-state index contributed by atoms with van der Waals surface area (Å²) >= 11 is 12.5. The molecule has 4 nitrogen and oxygen atoms in total. The Morgan fingerprint density at radius 1 is 1.10 bits per heavy atom. The van der Waals surface area contributed by atoms with Gasteiger partial charge in [0.1, 0.15) is 11.6 Å². The number of rotatable bonds is 4. The van der Waals surface area contributed by atoms with Crippen molar-refractivity contribution in [3.8, 4) is 16.9 Å². The molecule has 1 aromatic heterocycles. The molecule has 3 aromatic rings. The first-order chi connectivity index (χ1) is 14.4. The molecule has 1 atom stereocenters. The van der Waals surface area contributed by atoms with Gasteiger partial charge in [-0.15, -0.1) is 0 Å². The molecule has 0 saturated carbocycles. The van der Waals surface area contributed by atoms with Crippen LogP contribution in [0, 0.1) is 5.82 Å². The second kappa shape index (κ2) is 8.78. The maximum atomic E-state index is 13.6. The highest BCUT2D eigenvalue weighted by molar-refractivity contribution is 6.39. The van der Waals surface area contributed by atoms with E-state index in [9.17, 15) is 9.18 Å². The summed E-state index contributed by atoms with van der Waals surface area (Å²) in [6.45, 7) is 3.34. The quantitative estimate of drug-likeness (QED) is 0.484. The molecule has 0 unspecified atom stereocenters. The highest BCUT2D eigenvalue weighted by atomic mass is 35.5. The maximum absolute atomic E-state index is 13.6. The molecule has 7 heteroatoms. The van der Waals surface area contributed by atoms with Crippen LogP contribution in [0.1, 0.15) is 26.2 Å². The second-order valence-corrected chi connectivity index (χ2v) is 8.24. The number of pyridine rings is 1. The van der Waals surface area contributed by atoms with Crippen molar-refractivity contribution in [2.24, 2.45) is 0 Å². The molecular weight excluding hydrogens is 426 g/mol. The molecule has 30 heavy (non-hydrogen) atoms. The molecule has 1 saturated heterocycles. The maximum Gasteiger partial charge on any atom is 0.263 e. The van der Waals surface area contributed by atoms with Gasteiger partial charge in [-0.1, -0.05) is 23.2 Å². The van der Waals surface area contributed by atoms with Gasteiger partial charge >= 0.3 is 0 Å². The molecular formula is C23H21Cl2FN2O2. The Kier molecular flexibility index (Phi) is 6.11. The Bertz CT molecular complexity index is 1080. The number of hydrogen-bond acceptors (Lipinski definition) is 3. The van der Waals surface area contributed by atoms with Crippen LogP contribution in [-0.4, -0.2) is 35.0 Å². The second-order valence-electron chi connectivity index (χ2n) is 7.43. The summed E-state index contributed by atoms with van der Waals surface area (Å²) in [6.07, 6.45) is 4.30. The lowest BCUT2D eigenvalue weighted by molar-refractivity contribution is -0.138. The predicted molar refractivity (Wildman–Crippen MR) is 118 cm³/mol. The van der Waals surface area contributed by atoms with Gasteiger partial charge in [0.15, 0.2) is 6.10 Å². The molecule has 0 spiro atoms. The number of fused-ring (bicyclic) bond motifs is 1. The molecule has 4 rings (SSSR count). The van der Waals surface area contributed by atoms with E-state index in [4.69, 9.17) is 27.9 Å². The highest BCUT2D eigenvalue weighted by Gasteiger charge is 2.23. The third-order valence-electron chi connectivity index (χ3n) is 5.32.